The minimum absolute atomic E-state index is 0.885. The van der Waals surface area contributed by atoms with Gasteiger partial charge in [-0.1, -0.05) is 47.6 Å². The topological polar surface area (TPSA) is 0 Å². The Morgan fingerprint density at radius 3 is 2.32 bits per heavy atom. The number of thiophene rings is 2. The summed E-state index contributed by atoms with van der Waals surface area (Å²) in [5, 5.41) is 6.54. The highest BCUT2D eigenvalue weighted by Crippen LogP contribution is 2.43. The standard InChI is InChI=1S/C24H16ClPS2/c25-26(15-9-11-23-19(13-15)17-5-1-3-7-21(17)27-23)16-10-12-24-20(14-16)18-6-2-4-8-22(18)28-24/h1,3-5,7-14H,2,6H2. The van der Waals surface area contributed by atoms with E-state index in [0.717, 1.165) is 12.8 Å². The van der Waals surface area contributed by atoms with Crippen LogP contribution in [0.4, 0.5) is 0 Å². The number of benzene rings is 3. The lowest BCUT2D eigenvalue weighted by Crippen LogP contribution is -2.07. The molecule has 3 aromatic carbocycles. The van der Waals surface area contributed by atoms with Crippen molar-refractivity contribution >= 4 is 88.1 Å². The van der Waals surface area contributed by atoms with E-state index in [1.54, 1.807) is 0 Å². The average Bonchev–Trinajstić information content (AvgIpc) is 3.30. The lowest BCUT2D eigenvalue weighted by Gasteiger charge is -2.12. The van der Waals surface area contributed by atoms with Crippen molar-refractivity contribution < 1.29 is 0 Å². The smallest absolute Gasteiger partial charge is 0.0524 e. The lowest BCUT2D eigenvalue weighted by molar-refractivity contribution is 1.01. The van der Waals surface area contributed by atoms with Gasteiger partial charge in [0.15, 0.2) is 0 Å². The summed E-state index contributed by atoms with van der Waals surface area (Å²) in [6.07, 6.45) is 6.85. The van der Waals surface area contributed by atoms with Crippen molar-refractivity contribution in [3.05, 3.63) is 77.2 Å². The third-order valence-electron chi connectivity index (χ3n) is 5.45. The third-order valence-corrected chi connectivity index (χ3v) is 10.4. The quantitative estimate of drug-likeness (QED) is 0.248. The molecule has 1 aliphatic rings. The second kappa shape index (κ2) is 6.68. The van der Waals surface area contributed by atoms with Crippen LogP contribution in [0.3, 0.4) is 0 Å². The van der Waals surface area contributed by atoms with Crippen molar-refractivity contribution in [2.24, 2.45) is 0 Å². The van der Waals surface area contributed by atoms with Gasteiger partial charge in [0, 0.05) is 29.7 Å². The molecule has 5 aromatic rings. The minimum Gasteiger partial charge on any atom is -0.136 e. The molecule has 6 rings (SSSR count). The Morgan fingerprint density at radius 1 is 0.750 bits per heavy atom. The Kier molecular flexibility index (Phi) is 4.10. The zero-order valence-corrected chi connectivity index (χ0v) is 18.3. The molecule has 0 amide bonds. The Morgan fingerprint density at radius 2 is 1.46 bits per heavy atom. The monoisotopic (exact) mass is 434 g/mol. The number of halogens is 1. The third kappa shape index (κ3) is 2.67. The van der Waals surface area contributed by atoms with Gasteiger partial charge in [0.1, 0.15) is 0 Å². The largest absolute Gasteiger partial charge is 0.136 e. The SMILES string of the molecule is ClP(c1ccc2sc3c(c2c1)CCC=C3)c1ccc2sc3ccccc3c2c1. The fourth-order valence-corrected chi connectivity index (χ4v) is 8.15. The molecule has 0 saturated carbocycles. The fraction of sp³-hybridized carbons (Fsp3) is 0.0833. The Hall–Kier alpha value is -1.70. The maximum Gasteiger partial charge on any atom is 0.0524 e. The molecule has 136 valence electrons. The summed E-state index contributed by atoms with van der Waals surface area (Å²) < 4.78 is 4.05. The molecule has 1 atom stereocenters. The predicted octanol–water partition coefficient (Wildman–Crippen LogP) is 7.82. The van der Waals surface area contributed by atoms with Gasteiger partial charge in [-0.3, -0.25) is 0 Å². The first-order valence-corrected chi connectivity index (χ1v) is 13.2. The number of aryl methyl sites for hydroxylation is 1. The highest BCUT2D eigenvalue weighted by Gasteiger charge is 2.17. The van der Waals surface area contributed by atoms with Crippen LogP contribution in [-0.2, 0) is 6.42 Å². The molecule has 0 nitrogen and oxygen atoms in total. The van der Waals surface area contributed by atoms with Crippen LogP contribution in [0.5, 0.6) is 0 Å². The molecule has 2 aromatic heterocycles. The summed E-state index contributed by atoms with van der Waals surface area (Å²) in [4.78, 5) is 1.42. The van der Waals surface area contributed by atoms with Crippen LogP contribution in [0, 0.1) is 0 Å². The average molecular weight is 435 g/mol. The molecule has 28 heavy (non-hydrogen) atoms. The molecule has 0 radical (unpaired) electrons. The van der Waals surface area contributed by atoms with E-state index in [4.69, 9.17) is 11.2 Å². The van der Waals surface area contributed by atoms with E-state index in [-0.39, 0.29) is 0 Å². The summed E-state index contributed by atoms with van der Waals surface area (Å²) in [6.45, 7) is 0. The van der Waals surface area contributed by atoms with Crippen LogP contribution in [0.15, 0.2) is 66.7 Å². The molecule has 0 N–H and O–H groups in total. The highest BCUT2D eigenvalue weighted by molar-refractivity contribution is 7.95. The van der Waals surface area contributed by atoms with Crippen LogP contribution in [0.1, 0.15) is 16.9 Å². The summed E-state index contributed by atoms with van der Waals surface area (Å²) in [5.74, 6) is 0. The molecular weight excluding hydrogens is 419 g/mol. The van der Waals surface area contributed by atoms with E-state index in [1.807, 2.05) is 22.7 Å². The van der Waals surface area contributed by atoms with Gasteiger partial charge in [0.05, 0.1) is 7.27 Å². The summed E-state index contributed by atoms with van der Waals surface area (Å²) in [5.41, 5.74) is 1.50. The van der Waals surface area contributed by atoms with Crippen molar-refractivity contribution in [1.82, 2.24) is 0 Å². The molecule has 1 aliphatic carbocycles. The van der Waals surface area contributed by atoms with Crippen LogP contribution >= 0.6 is 41.2 Å². The van der Waals surface area contributed by atoms with Crippen LogP contribution in [0.25, 0.3) is 36.3 Å². The predicted molar refractivity (Wildman–Crippen MR) is 131 cm³/mol. The van der Waals surface area contributed by atoms with Gasteiger partial charge in [0.2, 0.25) is 0 Å². The van der Waals surface area contributed by atoms with Crippen molar-refractivity contribution in [3.63, 3.8) is 0 Å². The molecule has 0 bridgehead atoms. The number of rotatable bonds is 2. The maximum atomic E-state index is 7.06. The van der Waals surface area contributed by atoms with Crippen LogP contribution in [-0.4, -0.2) is 0 Å². The molecule has 0 aliphatic heterocycles. The number of hydrogen-bond donors (Lipinski definition) is 0. The molecule has 1 unspecified atom stereocenters. The highest BCUT2D eigenvalue weighted by atomic mass is 35.7. The second-order valence-corrected chi connectivity index (χ2v) is 11.9. The van der Waals surface area contributed by atoms with Gasteiger partial charge < -0.3 is 0 Å². The number of hydrogen-bond acceptors (Lipinski definition) is 2. The Balaban J connectivity index is 1.47. The van der Waals surface area contributed by atoms with Gasteiger partial charge in [-0.15, -0.1) is 22.7 Å². The molecule has 0 spiro atoms. The molecule has 2 heterocycles. The van der Waals surface area contributed by atoms with Gasteiger partial charge >= 0.3 is 0 Å². The lowest BCUT2D eigenvalue weighted by atomic mass is 10.0. The van der Waals surface area contributed by atoms with Gasteiger partial charge in [-0.2, -0.15) is 0 Å². The first-order valence-electron chi connectivity index (χ1n) is 9.37. The van der Waals surface area contributed by atoms with Crippen LogP contribution < -0.4 is 10.6 Å². The maximum absolute atomic E-state index is 7.06. The zero-order valence-electron chi connectivity index (χ0n) is 15.0. The van der Waals surface area contributed by atoms with E-state index in [1.165, 1.54) is 51.3 Å². The van der Waals surface area contributed by atoms with Crippen molar-refractivity contribution in [1.29, 1.82) is 0 Å². The molecule has 0 saturated heterocycles. The second-order valence-electron chi connectivity index (χ2n) is 7.13. The van der Waals surface area contributed by atoms with Crippen molar-refractivity contribution in [2.75, 3.05) is 0 Å². The van der Waals surface area contributed by atoms with E-state index in [0.29, 0.717) is 0 Å². The van der Waals surface area contributed by atoms with Crippen LogP contribution in [0.2, 0.25) is 0 Å². The Bertz CT molecular complexity index is 1390. The van der Waals surface area contributed by atoms with E-state index in [9.17, 15) is 0 Å². The molecule has 4 heteroatoms. The summed E-state index contributed by atoms with van der Waals surface area (Å²) >= 11 is 10.8. The zero-order chi connectivity index (χ0) is 18.7. The van der Waals surface area contributed by atoms with E-state index >= 15 is 0 Å². The molecular formula is C24H16ClPS2. The number of fused-ring (bicyclic) bond motifs is 6. The Labute approximate surface area is 177 Å². The normalized spacial score (nSPS) is 14.8. The van der Waals surface area contributed by atoms with Crippen molar-refractivity contribution in [3.8, 4) is 0 Å². The van der Waals surface area contributed by atoms with Gasteiger partial charge in [-0.25, -0.2) is 0 Å². The van der Waals surface area contributed by atoms with Gasteiger partial charge in [0.25, 0.3) is 0 Å². The molecule has 0 fully saturated rings. The summed E-state index contributed by atoms with van der Waals surface area (Å²) in [6, 6.07) is 22.2. The van der Waals surface area contributed by atoms with Crippen molar-refractivity contribution in [2.45, 2.75) is 12.8 Å². The van der Waals surface area contributed by atoms with E-state index in [2.05, 4.69) is 72.8 Å². The van der Waals surface area contributed by atoms with Gasteiger partial charge in [-0.05, 0) is 70.8 Å². The van der Waals surface area contributed by atoms with E-state index < -0.39 is 7.27 Å². The minimum atomic E-state index is -0.885. The number of allylic oxidation sites excluding steroid dienone is 1. The fourth-order valence-electron chi connectivity index (χ4n) is 4.07. The summed E-state index contributed by atoms with van der Waals surface area (Å²) in [7, 11) is -0.885. The first kappa shape index (κ1) is 17.2. The first-order chi connectivity index (χ1) is 13.8.